The summed E-state index contributed by atoms with van der Waals surface area (Å²) < 4.78 is 11.0. The number of hydrogen-bond acceptors (Lipinski definition) is 3. The van der Waals surface area contributed by atoms with Crippen LogP contribution in [-0.4, -0.2) is 42.2 Å². The van der Waals surface area contributed by atoms with E-state index in [9.17, 15) is 0 Å². The number of hydrogen-bond donors (Lipinski definition) is 1. The van der Waals surface area contributed by atoms with Crippen molar-refractivity contribution < 1.29 is 9.47 Å². The van der Waals surface area contributed by atoms with Crippen LogP contribution in [0.2, 0.25) is 6.04 Å². The summed E-state index contributed by atoms with van der Waals surface area (Å²) in [5.74, 6) is 0.145. The fourth-order valence-corrected chi connectivity index (χ4v) is 2.88. The second-order valence-electron chi connectivity index (χ2n) is 2.94. The summed E-state index contributed by atoms with van der Waals surface area (Å²) in [6, 6.07) is 1.30. The minimum atomic E-state index is -0.201. The van der Waals surface area contributed by atoms with Crippen LogP contribution in [0.25, 0.3) is 0 Å². The van der Waals surface area contributed by atoms with Crippen molar-refractivity contribution in [2.24, 2.45) is 0 Å². The molecule has 0 aromatic carbocycles. The summed E-state index contributed by atoms with van der Waals surface area (Å²) in [7, 11) is 1.79. The summed E-state index contributed by atoms with van der Waals surface area (Å²) in [5.41, 5.74) is 0. The Morgan fingerprint density at radius 2 is 1.85 bits per heavy atom. The molecule has 0 fully saturated rings. The number of nitrogens with one attached hydrogen (secondary N) is 1. The van der Waals surface area contributed by atoms with Gasteiger partial charge in [-0.15, -0.1) is 0 Å². The zero-order chi connectivity index (χ0) is 9.94. The summed E-state index contributed by atoms with van der Waals surface area (Å²) in [5, 5.41) is 3.15. The lowest BCUT2D eigenvalue weighted by molar-refractivity contribution is -0.0827. The molecule has 3 nitrogen and oxygen atoms in total. The van der Waals surface area contributed by atoms with Crippen LogP contribution in [-0.2, 0) is 9.47 Å². The van der Waals surface area contributed by atoms with Gasteiger partial charge in [-0.1, -0.05) is 6.04 Å². The average Bonchev–Trinajstić information content (AvgIpc) is 2.13. The second kappa shape index (κ2) is 10.2. The molecule has 4 heteroatoms. The minimum Gasteiger partial charge on any atom is -0.357 e. The van der Waals surface area contributed by atoms with Crippen molar-refractivity contribution in [1.29, 1.82) is 0 Å². The van der Waals surface area contributed by atoms with Crippen molar-refractivity contribution in [2.45, 2.75) is 32.2 Å². The van der Waals surface area contributed by atoms with Gasteiger partial charge in [-0.05, 0) is 33.9 Å². The molecule has 0 rings (SSSR count). The van der Waals surface area contributed by atoms with Gasteiger partial charge in [0.1, 0.15) is 5.91 Å². The van der Waals surface area contributed by atoms with Gasteiger partial charge in [-0.2, -0.15) is 0 Å². The lowest BCUT2D eigenvalue weighted by Crippen LogP contribution is -2.25. The van der Waals surface area contributed by atoms with Gasteiger partial charge in [0.25, 0.3) is 0 Å². The molecule has 0 aliphatic heterocycles. The SMILES string of the molecule is CCOC(OCC)[SiH2]CCCNC. The highest BCUT2D eigenvalue weighted by atomic mass is 28.2. The van der Waals surface area contributed by atoms with Gasteiger partial charge in [0, 0.05) is 13.2 Å². The van der Waals surface area contributed by atoms with Gasteiger partial charge in [0.05, 0.1) is 9.52 Å². The Labute approximate surface area is 84.0 Å². The smallest absolute Gasteiger partial charge is 0.134 e. The number of rotatable bonds is 9. The van der Waals surface area contributed by atoms with Crippen LogP contribution in [0.3, 0.4) is 0 Å². The molecule has 0 aromatic rings. The third-order valence-corrected chi connectivity index (χ3v) is 3.67. The van der Waals surface area contributed by atoms with E-state index in [2.05, 4.69) is 5.32 Å². The first kappa shape index (κ1) is 13.1. The standard InChI is InChI=1S/C9H23NO2Si/c1-4-11-9(12-5-2)13-8-6-7-10-3/h9-10H,4-8,13H2,1-3H3. The maximum atomic E-state index is 5.48. The van der Waals surface area contributed by atoms with Crippen LogP contribution >= 0.6 is 0 Å². The van der Waals surface area contributed by atoms with Crippen molar-refractivity contribution in [2.75, 3.05) is 26.8 Å². The van der Waals surface area contributed by atoms with E-state index in [1.165, 1.54) is 12.5 Å². The molecule has 0 aliphatic rings. The molecule has 0 aliphatic carbocycles. The molecule has 0 heterocycles. The van der Waals surface area contributed by atoms with Gasteiger partial charge < -0.3 is 14.8 Å². The molecule has 0 spiro atoms. The highest BCUT2D eigenvalue weighted by Gasteiger charge is 2.06. The van der Waals surface area contributed by atoms with Gasteiger partial charge in [0.15, 0.2) is 0 Å². The maximum Gasteiger partial charge on any atom is 0.134 e. The van der Waals surface area contributed by atoms with Crippen molar-refractivity contribution in [1.82, 2.24) is 5.32 Å². The van der Waals surface area contributed by atoms with Crippen LogP contribution in [0, 0.1) is 0 Å². The largest absolute Gasteiger partial charge is 0.357 e. The van der Waals surface area contributed by atoms with Crippen LogP contribution in [0.1, 0.15) is 20.3 Å². The fourth-order valence-electron chi connectivity index (χ4n) is 1.20. The van der Waals surface area contributed by atoms with E-state index >= 15 is 0 Å². The van der Waals surface area contributed by atoms with Gasteiger partial charge in [-0.3, -0.25) is 0 Å². The summed E-state index contributed by atoms with van der Waals surface area (Å²) in [6.45, 7) is 6.69. The summed E-state index contributed by atoms with van der Waals surface area (Å²) >= 11 is 0. The zero-order valence-corrected chi connectivity index (χ0v) is 10.6. The Hall–Kier alpha value is 0.0969. The van der Waals surface area contributed by atoms with E-state index in [1.54, 1.807) is 0 Å². The van der Waals surface area contributed by atoms with Crippen LogP contribution in [0.4, 0.5) is 0 Å². The van der Waals surface area contributed by atoms with Gasteiger partial charge in [0.2, 0.25) is 0 Å². The molecular formula is C9H23NO2Si. The van der Waals surface area contributed by atoms with E-state index in [1.807, 2.05) is 20.9 Å². The van der Waals surface area contributed by atoms with Crippen molar-refractivity contribution in [3.8, 4) is 0 Å². The lowest BCUT2D eigenvalue weighted by Gasteiger charge is -2.16. The quantitative estimate of drug-likeness (QED) is 0.338. The molecule has 80 valence electrons. The van der Waals surface area contributed by atoms with Gasteiger partial charge >= 0.3 is 0 Å². The van der Waals surface area contributed by atoms with Crippen LogP contribution in [0.15, 0.2) is 0 Å². The summed E-state index contributed by atoms with van der Waals surface area (Å²) in [4.78, 5) is 0. The van der Waals surface area contributed by atoms with Crippen molar-refractivity contribution in [3.63, 3.8) is 0 Å². The molecular weight excluding hydrogens is 182 g/mol. The Morgan fingerprint density at radius 1 is 1.23 bits per heavy atom. The highest BCUT2D eigenvalue weighted by Crippen LogP contribution is 1.98. The normalized spacial score (nSPS) is 12.0. The van der Waals surface area contributed by atoms with E-state index in [0.717, 1.165) is 19.8 Å². The number of ether oxygens (including phenoxy) is 2. The Kier molecular flexibility index (Phi) is 10.3. The maximum absolute atomic E-state index is 5.48. The summed E-state index contributed by atoms with van der Waals surface area (Å²) in [6.07, 6.45) is 1.25. The Morgan fingerprint density at radius 3 is 2.31 bits per heavy atom. The molecule has 0 atom stereocenters. The van der Waals surface area contributed by atoms with Crippen LogP contribution < -0.4 is 5.32 Å². The molecule has 13 heavy (non-hydrogen) atoms. The first-order valence-electron chi connectivity index (χ1n) is 5.22. The molecule has 0 bridgehead atoms. The molecule has 1 N–H and O–H groups in total. The first-order chi connectivity index (χ1) is 6.35. The minimum absolute atomic E-state index is 0.145. The molecule has 0 aromatic heterocycles. The molecule has 0 amide bonds. The predicted molar refractivity (Wildman–Crippen MR) is 58.9 cm³/mol. The van der Waals surface area contributed by atoms with E-state index in [0.29, 0.717) is 0 Å². The lowest BCUT2D eigenvalue weighted by atomic mass is 10.5. The molecule has 0 saturated heterocycles. The second-order valence-corrected chi connectivity index (χ2v) is 4.89. The Bertz CT molecular complexity index is 97.6. The first-order valence-corrected chi connectivity index (χ1v) is 7.04. The van der Waals surface area contributed by atoms with E-state index in [-0.39, 0.29) is 15.4 Å². The zero-order valence-electron chi connectivity index (χ0n) is 9.14. The topological polar surface area (TPSA) is 30.5 Å². The van der Waals surface area contributed by atoms with Gasteiger partial charge in [-0.25, -0.2) is 0 Å². The Balaban J connectivity index is 3.33. The van der Waals surface area contributed by atoms with E-state index in [4.69, 9.17) is 9.47 Å². The average molecular weight is 205 g/mol. The third-order valence-electron chi connectivity index (χ3n) is 1.82. The highest BCUT2D eigenvalue weighted by molar-refractivity contribution is 6.36. The van der Waals surface area contributed by atoms with E-state index < -0.39 is 0 Å². The molecule has 0 unspecified atom stereocenters. The predicted octanol–water partition coefficient (Wildman–Crippen LogP) is 0.540. The molecule has 0 radical (unpaired) electrons. The van der Waals surface area contributed by atoms with Crippen molar-refractivity contribution in [3.05, 3.63) is 0 Å². The fraction of sp³-hybridized carbons (Fsp3) is 1.00. The van der Waals surface area contributed by atoms with Crippen molar-refractivity contribution >= 4 is 9.52 Å². The molecule has 0 saturated carbocycles. The third kappa shape index (κ3) is 8.43. The monoisotopic (exact) mass is 205 g/mol. The van der Waals surface area contributed by atoms with Crippen LogP contribution in [0.5, 0.6) is 0 Å².